The van der Waals surface area contributed by atoms with Crippen LogP contribution in [-0.4, -0.2) is 30.1 Å². The molecule has 1 saturated carbocycles. The molecule has 0 radical (unpaired) electrons. The first-order valence-electron chi connectivity index (χ1n) is 7.14. The molecule has 1 atom stereocenters. The lowest BCUT2D eigenvalue weighted by molar-refractivity contribution is -0.151. The molecule has 1 aliphatic carbocycles. The fourth-order valence-electron chi connectivity index (χ4n) is 2.76. The van der Waals surface area contributed by atoms with Crippen LogP contribution in [0.5, 0.6) is 0 Å². The predicted molar refractivity (Wildman–Crippen MR) is 73.5 cm³/mol. The summed E-state index contributed by atoms with van der Waals surface area (Å²) in [7, 11) is 0. The Bertz CT molecular complexity index is 323. The standard InChI is InChI=1S/C14H26N2O3/c1-10(2)11(8-15)12(17)16-9-14(13(18)19)6-4-3-5-7-14/h10-11H,3-9,15H2,1-2H3,(H,16,17)(H,18,19). The number of hydrogen-bond donors (Lipinski definition) is 3. The van der Waals surface area contributed by atoms with Crippen LogP contribution >= 0.6 is 0 Å². The fourth-order valence-corrected chi connectivity index (χ4v) is 2.76. The summed E-state index contributed by atoms with van der Waals surface area (Å²) in [5.41, 5.74) is 4.83. The van der Waals surface area contributed by atoms with Crippen molar-refractivity contribution in [1.29, 1.82) is 0 Å². The van der Waals surface area contributed by atoms with Gasteiger partial charge in [-0.3, -0.25) is 9.59 Å². The van der Waals surface area contributed by atoms with Crippen molar-refractivity contribution < 1.29 is 14.7 Å². The summed E-state index contributed by atoms with van der Waals surface area (Å²) in [6.07, 6.45) is 4.23. The van der Waals surface area contributed by atoms with Crippen LogP contribution in [0.1, 0.15) is 46.0 Å². The van der Waals surface area contributed by atoms with Gasteiger partial charge in [-0.25, -0.2) is 0 Å². The summed E-state index contributed by atoms with van der Waals surface area (Å²) in [6.45, 7) is 4.42. The molecule has 0 aliphatic heterocycles. The van der Waals surface area contributed by atoms with E-state index in [0.717, 1.165) is 19.3 Å². The number of carbonyl (C=O) groups excluding carboxylic acids is 1. The quantitative estimate of drug-likeness (QED) is 0.679. The van der Waals surface area contributed by atoms with Crippen LogP contribution in [0.2, 0.25) is 0 Å². The van der Waals surface area contributed by atoms with Crippen LogP contribution in [-0.2, 0) is 9.59 Å². The van der Waals surface area contributed by atoms with Crippen molar-refractivity contribution in [1.82, 2.24) is 5.32 Å². The van der Waals surface area contributed by atoms with E-state index in [9.17, 15) is 14.7 Å². The average Bonchev–Trinajstić information content (AvgIpc) is 2.37. The third-order valence-electron chi connectivity index (χ3n) is 4.26. The van der Waals surface area contributed by atoms with E-state index in [0.29, 0.717) is 19.4 Å². The van der Waals surface area contributed by atoms with Crippen molar-refractivity contribution in [3.63, 3.8) is 0 Å². The molecule has 5 nitrogen and oxygen atoms in total. The first-order chi connectivity index (χ1) is 8.93. The maximum atomic E-state index is 12.0. The number of rotatable bonds is 6. The summed E-state index contributed by atoms with van der Waals surface area (Å²) < 4.78 is 0. The zero-order chi connectivity index (χ0) is 14.5. The molecule has 110 valence electrons. The zero-order valence-electron chi connectivity index (χ0n) is 11.9. The number of nitrogens with two attached hydrogens (primary N) is 1. The molecule has 0 spiro atoms. The Balaban J connectivity index is 2.61. The minimum atomic E-state index is -0.790. The van der Waals surface area contributed by atoms with Crippen molar-refractivity contribution in [3.8, 4) is 0 Å². The largest absolute Gasteiger partial charge is 0.481 e. The maximum Gasteiger partial charge on any atom is 0.311 e. The number of carboxylic acids is 1. The van der Waals surface area contributed by atoms with Crippen LogP contribution in [0.25, 0.3) is 0 Å². The van der Waals surface area contributed by atoms with Crippen molar-refractivity contribution in [2.45, 2.75) is 46.0 Å². The molecule has 0 bridgehead atoms. The van der Waals surface area contributed by atoms with Gasteiger partial charge in [-0.1, -0.05) is 33.1 Å². The summed E-state index contributed by atoms with van der Waals surface area (Å²) in [4.78, 5) is 23.5. The lowest BCUT2D eigenvalue weighted by Crippen LogP contribution is -2.47. The SMILES string of the molecule is CC(C)C(CN)C(=O)NCC1(C(=O)O)CCCCC1. The van der Waals surface area contributed by atoms with E-state index in [2.05, 4.69) is 5.32 Å². The highest BCUT2D eigenvalue weighted by Crippen LogP contribution is 2.36. The molecule has 1 aliphatic rings. The third kappa shape index (κ3) is 3.93. The van der Waals surface area contributed by atoms with E-state index in [-0.39, 0.29) is 24.3 Å². The first-order valence-corrected chi connectivity index (χ1v) is 7.14. The Morgan fingerprint density at radius 1 is 1.26 bits per heavy atom. The molecule has 0 aromatic carbocycles. The van der Waals surface area contributed by atoms with Gasteiger partial charge in [-0.15, -0.1) is 0 Å². The normalized spacial score (nSPS) is 20.0. The Morgan fingerprint density at radius 3 is 2.26 bits per heavy atom. The minimum Gasteiger partial charge on any atom is -0.481 e. The smallest absolute Gasteiger partial charge is 0.311 e. The molecule has 5 heteroatoms. The number of aliphatic carboxylic acids is 1. The van der Waals surface area contributed by atoms with Gasteiger partial charge in [0.1, 0.15) is 0 Å². The second-order valence-corrected chi connectivity index (χ2v) is 5.95. The summed E-state index contributed by atoms with van der Waals surface area (Å²) >= 11 is 0. The van der Waals surface area contributed by atoms with Gasteiger partial charge in [0.15, 0.2) is 0 Å². The Hall–Kier alpha value is -1.10. The fraction of sp³-hybridized carbons (Fsp3) is 0.857. The van der Waals surface area contributed by atoms with E-state index in [4.69, 9.17) is 5.73 Å². The molecule has 1 rings (SSSR count). The molecule has 1 amide bonds. The van der Waals surface area contributed by atoms with Crippen molar-refractivity contribution in [3.05, 3.63) is 0 Å². The van der Waals surface area contributed by atoms with Crippen LogP contribution in [0.3, 0.4) is 0 Å². The van der Waals surface area contributed by atoms with Crippen molar-refractivity contribution >= 4 is 11.9 Å². The van der Waals surface area contributed by atoms with E-state index < -0.39 is 11.4 Å². The molecular weight excluding hydrogens is 244 g/mol. The van der Waals surface area contributed by atoms with Crippen LogP contribution < -0.4 is 11.1 Å². The van der Waals surface area contributed by atoms with E-state index >= 15 is 0 Å². The van der Waals surface area contributed by atoms with Crippen molar-refractivity contribution in [2.75, 3.05) is 13.1 Å². The highest BCUT2D eigenvalue weighted by molar-refractivity contribution is 5.81. The van der Waals surface area contributed by atoms with Gasteiger partial charge >= 0.3 is 5.97 Å². The lowest BCUT2D eigenvalue weighted by atomic mass is 9.74. The topological polar surface area (TPSA) is 92.4 Å². The molecule has 1 unspecified atom stereocenters. The van der Waals surface area contributed by atoms with Crippen molar-refractivity contribution in [2.24, 2.45) is 23.0 Å². The molecule has 4 N–H and O–H groups in total. The van der Waals surface area contributed by atoms with E-state index in [1.54, 1.807) is 0 Å². The molecular formula is C14H26N2O3. The highest BCUT2D eigenvalue weighted by Gasteiger charge is 2.40. The Morgan fingerprint density at radius 2 is 1.84 bits per heavy atom. The molecule has 0 heterocycles. The molecule has 1 fully saturated rings. The maximum absolute atomic E-state index is 12.0. The average molecular weight is 270 g/mol. The second kappa shape index (κ2) is 6.89. The Labute approximate surface area is 114 Å². The summed E-state index contributed by atoms with van der Waals surface area (Å²) in [5.74, 6) is -0.989. The number of amides is 1. The highest BCUT2D eigenvalue weighted by atomic mass is 16.4. The number of carboxylic acid groups (broad SMARTS) is 1. The lowest BCUT2D eigenvalue weighted by Gasteiger charge is -2.33. The first kappa shape index (κ1) is 16.0. The van der Waals surface area contributed by atoms with Crippen LogP contribution in [0.15, 0.2) is 0 Å². The van der Waals surface area contributed by atoms with Gasteiger partial charge in [0, 0.05) is 13.1 Å². The van der Waals surface area contributed by atoms with Gasteiger partial charge in [0.05, 0.1) is 11.3 Å². The predicted octanol–water partition coefficient (Wildman–Crippen LogP) is 1.37. The summed E-state index contributed by atoms with van der Waals surface area (Å²) in [5, 5.41) is 12.2. The van der Waals surface area contributed by atoms with Gasteiger partial charge in [-0.05, 0) is 18.8 Å². The molecule has 0 aromatic heterocycles. The van der Waals surface area contributed by atoms with Crippen LogP contribution in [0, 0.1) is 17.3 Å². The molecule has 0 aromatic rings. The van der Waals surface area contributed by atoms with Gasteiger partial charge in [-0.2, -0.15) is 0 Å². The monoisotopic (exact) mass is 270 g/mol. The minimum absolute atomic E-state index is 0.122. The number of carbonyl (C=O) groups is 2. The van der Waals surface area contributed by atoms with E-state index in [1.807, 2.05) is 13.8 Å². The third-order valence-corrected chi connectivity index (χ3v) is 4.26. The zero-order valence-corrected chi connectivity index (χ0v) is 11.9. The molecule has 19 heavy (non-hydrogen) atoms. The Kier molecular flexibility index (Phi) is 5.79. The van der Waals surface area contributed by atoms with E-state index in [1.165, 1.54) is 0 Å². The van der Waals surface area contributed by atoms with Crippen LogP contribution in [0.4, 0.5) is 0 Å². The number of nitrogens with one attached hydrogen (secondary N) is 1. The molecule has 0 saturated heterocycles. The van der Waals surface area contributed by atoms with Gasteiger partial charge in [0.2, 0.25) is 5.91 Å². The summed E-state index contributed by atoms with van der Waals surface area (Å²) in [6, 6.07) is 0. The second-order valence-electron chi connectivity index (χ2n) is 5.95. The van der Waals surface area contributed by atoms with Gasteiger partial charge in [0.25, 0.3) is 0 Å². The van der Waals surface area contributed by atoms with Gasteiger partial charge < -0.3 is 16.2 Å². The number of hydrogen-bond acceptors (Lipinski definition) is 3.